The van der Waals surface area contributed by atoms with Crippen LogP contribution in [0.25, 0.3) is 10.9 Å². The molecule has 5 nitrogen and oxygen atoms in total. The smallest absolute Gasteiger partial charge is 0.254 e. The maximum absolute atomic E-state index is 13.1. The molecule has 0 fully saturated rings. The standard InChI is InChI=1S/C21H22N2O3/c1-13-4-5-17-18-12-23(7-6-19(18)22-20(17)8-13)21(24)14-9-15(25-2)11-16(10-14)26-3/h4-5,8-11,22H,6-7,12H2,1-3H3. The molecule has 1 N–H and O–H groups in total. The van der Waals surface area contributed by atoms with Gasteiger partial charge in [0.15, 0.2) is 0 Å². The summed E-state index contributed by atoms with van der Waals surface area (Å²) in [6, 6.07) is 11.7. The van der Waals surface area contributed by atoms with Crippen LogP contribution in [0.15, 0.2) is 36.4 Å². The maximum Gasteiger partial charge on any atom is 0.254 e. The van der Waals surface area contributed by atoms with E-state index in [4.69, 9.17) is 9.47 Å². The topological polar surface area (TPSA) is 54.6 Å². The van der Waals surface area contributed by atoms with E-state index in [0.717, 1.165) is 11.9 Å². The van der Waals surface area contributed by atoms with Gasteiger partial charge in [-0.25, -0.2) is 0 Å². The Morgan fingerprint density at radius 3 is 2.50 bits per heavy atom. The van der Waals surface area contributed by atoms with Gasteiger partial charge < -0.3 is 19.4 Å². The number of nitrogens with one attached hydrogen (secondary N) is 1. The van der Waals surface area contributed by atoms with Crippen LogP contribution in [0.3, 0.4) is 0 Å². The molecule has 0 radical (unpaired) electrons. The van der Waals surface area contributed by atoms with Crippen LogP contribution in [0.4, 0.5) is 0 Å². The van der Waals surface area contributed by atoms with Crippen LogP contribution >= 0.6 is 0 Å². The maximum atomic E-state index is 13.1. The van der Waals surface area contributed by atoms with Crippen LogP contribution in [0.1, 0.15) is 27.2 Å². The van der Waals surface area contributed by atoms with Crippen molar-refractivity contribution >= 4 is 16.8 Å². The largest absolute Gasteiger partial charge is 0.497 e. The molecule has 134 valence electrons. The van der Waals surface area contributed by atoms with Crippen molar-refractivity contribution in [2.24, 2.45) is 0 Å². The molecule has 0 saturated carbocycles. The summed E-state index contributed by atoms with van der Waals surface area (Å²) in [6.07, 6.45) is 0.829. The molecule has 1 aromatic heterocycles. The normalized spacial score (nSPS) is 13.6. The summed E-state index contributed by atoms with van der Waals surface area (Å²) in [4.78, 5) is 18.5. The minimum absolute atomic E-state index is 0.00527. The van der Waals surface area contributed by atoms with Gasteiger partial charge in [0.05, 0.1) is 14.2 Å². The summed E-state index contributed by atoms with van der Waals surface area (Å²) in [6.45, 7) is 3.39. The Hall–Kier alpha value is -2.95. The van der Waals surface area contributed by atoms with Crippen molar-refractivity contribution in [2.45, 2.75) is 19.9 Å². The van der Waals surface area contributed by atoms with Crippen LogP contribution in [-0.2, 0) is 13.0 Å². The number of carbonyl (C=O) groups is 1. The Balaban J connectivity index is 1.66. The van der Waals surface area contributed by atoms with E-state index in [1.54, 1.807) is 32.4 Å². The summed E-state index contributed by atoms with van der Waals surface area (Å²) in [7, 11) is 3.17. The Morgan fingerprint density at radius 2 is 1.81 bits per heavy atom. The second-order valence-corrected chi connectivity index (χ2v) is 6.71. The van der Waals surface area contributed by atoms with Gasteiger partial charge in [0, 0.05) is 53.3 Å². The lowest BCUT2D eigenvalue weighted by molar-refractivity contribution is 0.0734. The third kappa shape index (κ3) is 2.79. The zero-order valence-corrected chi connectivity index (χ0v) is 15.3. The molecule has 2 heterocycles. The fourth-order valence-electron chi connectivity index (χ4n) is 3.62. The molecule has 0 unspecified atom stereocenters. The lowest BCUT2D eigenvalue weighted by Gasteiger charge is -2.27. The molecule has 0 bridgehead atoms. The minimum Gasteiger partial charge on any atom is -0.497 e. The van der Waals surface area contributed by atoms with Crippen molar-refractivity contribution < 1.29 is 14.3 Å². The first-order valence-corrected chi connectivity index (χ1v) is 8.71. The number of aromatic nitrogens is 1. The van der Waals surface area contributed by atoms with Crippen molar-refractivity contribution in [3.8, 4) is 11.5 Å². The predicted molar refractivity (Wildman–Crippen MR) is 101 cm³/mol. The molecule has 1 amide bonds. The average Bonchev–Trinajstić information content (AvgIpc) is 3.03. The molecule has 1 aliphatic rings. The van der Waals surface area contributed by atoms with Gasteiger partial charge in [0.1, 0.15) is 11.5 Å². The van der Waals surface area contributed by atoms with Gasteiger partial charge in [0.25, 0.3) is 5.91 Å². The number of rotatable bonds is 3. The molecule has 26 heavy (non-hydrogen) atoms. The number of benzene rings is 2. The van der Waals surface area contributed by atoms with Crippen molar-refractivity contribution in [1.29, 1.82) is 0 Å². The van der Waals surface area contributed by atoms with Gasteiger partial charge in [-0.2, -0.15) is 0 Å². The van der Waals surface area contributed by atoms with E-state index < -0.39 is 0 Å². The average molecular weight is 350 g/mol. The number of nitrogens with zero attached hydrogens (tertiary/aromatic N) is 1. The van der Waals surface area contributed by atoms with Gasteiger partial charge in [0.2, 0.25) is 0 Å². The summed E-state index contributed by atoms with van der Waals surface area (Å²) >= 11 is 0. The highest BCUT2D eigenvalue weighted by Crippen LogP contribution is 2.30. The summed E-state index contributed by atoms with van der Waals surface area (Å²) < 4.78 is 10.6. The fourth-order valence-corrected chi connectivity index (χ4v) is 3.62. The molecule has 4 rings (SSSR count). The molecule has 2 aromatic carbocycles. The number of fused-ring (bicyclic) bond motifs is 3. The first-order valence-electron chi connectivity index (χ1n) is 8.71. The van der Waals surface area contributed by atoms with Crippen molar-refractivity contribution in [3.63, 3.8) is 0 Å². The Morgan fingerprint density at radius 1 is 1.08 bits per heavy atom. The number of aromatic amines is 1. The first-order chi connectivity index (χ1) is 12.6. The minimum atomic E-state index is -0.00527. The zero-order chi connectivity index (χ0) is 18.3. The van der Waals surface area contributed by atoms with Gasteiger partial charge in [-0.05, 0) is 30.7 Å². The molecule has 3 aromatic rings. The van der Waals surface area contributed by atoms with Crippen molar-refractivity contribution in [1.82, 2.24) is 9.88 Å². The highest BCUT2D eigenvalue weighted by molar-refractivity contribution is 5.96. The second kappa shape index (κ2) is 6.41. The Kier molecular flexibility index (Phi) is 4.07. The molecule has 1 aliphatic heterocycles. The van der Waals surface area contributed by atoms with Gasteiger partial charge in [-0.1, -0.05) is 12.1 Å². The third-order valence-electron chi connectivity index (χ3n) is 5.02. The van der Waals surface area contributed by atoms with Gasteiger partial charge in [-0.3, -0.25) is 4.79 Å². The van der Waals surface area contributed by atoms with Crippen molar-refractivity contribution in [3.05, 3.63) is 58.8 Å². The third-order valence-corrected chi connectivity index (χ3v) is 5.02. The number of H-pyrrole nitrogens is 1. The van der Waals surface area contributed by atoms with E-state index in [0.29, 0.717) is 30.2 Å². The van der Waals surface area contributed by atoms with E-state index >= 15 is 0 Å². The highest BCUT2D eigenvalue weighted by atomic mass is 16.5. The van der Waals surface area contributed by atoms with Crippen LogP contribution in [0.2, 0.25) is 0 Å². The molecule has 0 spiro atoms. The SMILES string of the molecule is COc1cc(OC)cc(C(=O)N2CCc3[nH]c4cc(C)ccc4c3C2)c1. The van der Waals surface area contributed by atoms with E-state index in [1.165, 1.54) is 22.2 Å². The van der Waals surface area contributed by atoms with E-state index in [2.05, 4.69) is 30.1 Å². The van der Waals surface area contributed by atoms with Crippen LogP contribution < -0.4 is 9.47 Å². The lowest BCUT2D eigenvalue weighted by atomic mass is 10.0. The van der Waals surface area contributed by atoms with Gasteiger partial charge in [-0.15, -0.1) is 0 Å². The lowest BCUT2D eigenvalue weighted by Crippen LogP contribution is -2.35. The second-order valence-electron chi connectivity index (χ2n) is 6.71. The summed E-state index contributed by atoms with van der Waals surface area (Å²) in [5.74, 6) is 1.23. The number of amides is 1. The number of hydrogen-bond acceptors (Lipinski definition) is 3. The van der Waals surface area contributed by atoms with Crippen LogP contribution in [0, 0.1) is 6.92 Å². The number of methoxy groups -OCH3 is 2. The Bertz CT molecular complexity index is 968. The van der Waals surface area contributed by atoms with Crippen molar-refractivity contribution in [2.75, 3.05) is 20.8 Å². The molecule has 0 saturated heterocycles. The highest BCUT2D eigenvalue weighted by Gasteiger charge is 2.25. The Labute approximate surface area is 152 Å². The molecular formula is C21H22N2O3. The number of carbonyl (C=O) groups excluding carboxylic acids is 1. The predicted octanol–water partition coefficient (Wildman–Crippen LogP) is 3.69. The molecule has 0 atom stereocenters. The summed E-state index contributed by atoms with van der Waals surface area (Å²) in [5.41, 5.74) is 5.41. The van der Waals surface area contributed by atoms with Crippen LogP contribution in [-0.4, -0.2) is 36.6 Å². The zero-order valence-electron chi connectivity index (χ0n) is 15.3. The number of aryl methyl sites for hydroxylation is 1. The molecule has 5 heteroatoms. The van der Waals surface area contributed by atoms with E-state index in [-0.39, 0.29) is 5.91 Å². The van der Waals surface area contributed by atoms with E-state index in [9.17, 15) is 4.79 Å². The fraction of sp³-hybridized carbons (Fsp3) is 0.286. The molecular weight excluding hydrogens is 328 g/mol. The molecule has 0 aliphatic carbocycles. The van der Waals surface area contributed by atoms with Crippen LogP contribution in [0.5, 0.6) is 11.5 Å². The number of hydrogen-bond donors (Lipinski definition) is 1. The number of ether oxygens (including phenoxy) is 2. The first kappa shape index (κ1) is 16.5. The van der Waals surface area contributed by atoms with E-state index in [1.807, 2.05) is 4.90 Å². The quantitative estimate of drug-likeness (QED) is 0.784. The monoisotopic (exact) mass is 350 g/mol. The summed E-state index contributed by atoms with van der Waals surface area (Å²) in [5, 5.41) is 1.20. The van der Waals surface area contributed by atoms with Gasteiger partial charge >= 0.3 is 0 Å².